The first-order valence-corrected chi connectivity index (χ1v) is 11.4. The maximum Gasteiger partial charge on any atom is 0.238 e. The van der Waals surface area contributed by atoms with Crippen LogP contribution in [0.2, 0.25) is 0 Å². The van der Waals surface area contributed by atoms with Gasteiger partial charge in [0.2, 0.25) is 5.91 Å². The minimum atomic E-state index is 0.0679. The van der Waals surface area contributed by atoms with Crippen molar-refractivity contribution in [3.8, 4) is 0 Å². The third-order valence-electron chi connectivity index (χ3n) is 4.60. The molecule has 0 saturated heterocycles. The van der Waals surface area contributed by atoms with Crippen molar-refractivity contribution in [2.45, 2.75) is 20.5 Å². The molecule has 134 valence electrons. The van der Waals surface area contributed by atoms with Crippen molar-refractivity contribution in [1.29, 1.82) is 0 Å². The number of hydrogen-bond donors (Lipinski definition) is 0. The molecule has 2 aromatic carbocycles. The number of benzene rings is 2. The number of thiazole rings is 1. The molecule has 1 aliphatic heterocycles. The zero-order valence-corrected chi connectivity index (χ0v) is 16.8. The van der Waals surface area contributed by atoms with Crippen molar-refractivity contribution in [3.63, 3.8) is 0 Å². The Morgan fingerprint density at radius 1 is 1.07 bits per heavy atom. The van der Waals surface area contributed by atoms with Gasteiger partial charge in [-0.05, 0) is 24.3 Å². The fourth-order valence-electron chi connectivity index (χ4n) is 3.39. The van der Waals surface area contributed by atoms with Crippen molar-refractivity contribution in [1.82, 2.24) is 4.98 Å². The average Bonchev–Trinajstić information content (AvgIpc) is 3.13. The van der Waals surface area contributed by atoms with E-state index in [-0.39, 0.29) is 17.2 Å². The van der Waals surface area contributed by atoms with Gasteiger partial charge in [0.05, 0.1) is 32.9 Å². The van der Waals surface area contributed by atoms with E-state index in [0.29, 0.717) is 5.75 Å². The van der Waals surface area contributed by atoms with Gasteiger partial charge >= 0.3 is 0 Å². The predicted octanol–water partition coefficient (Wildman–Crippen LogP) is 5.39. The summed E-state index contributed by atoms with van der Waals surface area (Å²) in [6, 6.07) is 16.3. The summed E-state index contributed by atoms with van der Waals surface area (Å²) in [5.41, 5.74) is 2.01. The van der Waals surface area contributed by atoms with E-state index < -0.39 is 0 Å². The second kappa shape index (κ2) is 7.19. The van der Waals surface area contributed by atoms with Crippen LogP contribution in [0.5, 0.6) is 0 Å². The van der Waals surface area contributed by atoms with Gasteiger partial charge in [0.15, 0.2) is 4.34 Å². The average molecular weight is 409 g/mol. The number of thioether (sulfide) groups is 2. The molecule has 3 aromatic rings. The van der Waals surface area contributed by atoms with E-state index in [0.717, 1.165) is 25.1 Å². The summed E-state index contributed by atoms with van der Waals surface area (Å²) >= 11 is 5.01. The molecule has 0 N–H and O–H groups in total. The molecule has 0 bridgehead atoms. The van der Waals surface area contributed by atoms with Gasteiger partial charge in [-0.3, -0.25) is 4.79 Å². The molecular weight excluding hydrogens is 392 g/mol. The van der Waals surface area contributed by atoms with Crippen molar-refractivity contribution in [2.75, 3.05) is 10.7 Å². The van der Waals surface area contributed by atoms with Gasteiger partial charge in [0.25, 0.3) is 0 Å². The number of nitrogens with zero attached hydrogens (tertiary/aromatic N) is 2. The molecule has 0 radical (unpaired) electrons. The molecule has 0 saturated carbocycles. The Morgan fingerprint density at radius 3 is 2.81 bits per heavy atom. The van der Waals surface area contributed by atoms with Crippen LogP contribution >= 0.6 is 34.9 Å². The van der Waals surface area contributed by atoms with Gasteiger partial charge in [-0.25, -0.2) is 4.98 Å². The summed E-state index contributed by atoms with van der Waals surface area (Å²) in [6.45, 7) is 0. The molecule has 2 aliphatic rings. The molecule has 0 unspecified atom stereocenters. The SMILES string of the molecule is O=C(CSc1nc2ccccc2s1)N1c2ccccc2S[C@@H]2C=CC=C[C@H]21. The molecule has 2 atom stereocenters. The van der Waals surface area contributed by atoms with Gasteiger partial charge in [0, 0.05) is 4.90 Å². The van der Waals surface area contributed by atoms with Crippen LogP contribution < -0.4 is 4.90 Å². The Kier molecular flexibility index (Phi) is 4.55. The number of anilines is 1. The summed E-state index contributed by atoms with van der Waals surface area (Å²) in [6.07, 6.45) is 8.43. The Hall–Kier alpha value is -2.02. The lowest BCUT2D eigenvalue weighted by molar-refractivity contribution is -0.116. The number of rotatable bonds is 3. The highest BCUT2D eigenvalue weighted by atomic mass is 32.2. The topological polar surface area (TPSA) is 33.2 Å². The quantitative estimate of drug-likeness (QED) is 0.544. The van der Waals surface area contributed by atoms with Gasteiger partial charge < -0.3 is 4.90 Å². The number of fused-ring (bicyclic) bond motifs is 3. The molecule has 5 rings (SSSR count). The van der Waals surface area contributed by atoms with Gasteiger partial charge in [-0.2, -0.15) is 0 Å². The molecule has 0 spiro atoms. The Morgan fingerprint density at radius 2 is 1.89 bits per heavy atom. The zero-order chi connectivity index (χ0) is 18.2. The Labute approximate surface area is 170 Å². The molecule has 6 heteroatoms. The van der Waals surface area contributed by atoms with E-state index >= 15 is 0 Å². The van der Waals surface area contributed by atoms with Crippen molar-refractivity contribution < 1.29 is 4.79 Å². The Balaban J connectivity index is 1.41. The molecule has 1 aliphatic carbocycles. The predicted molar refractivity (Wildman–Crippen MR) is 116 cm³/mol. The number of allylic oxidation sites excluding steroid dienone is 2. The number of para-hydroxylation sites is 2. The summed E-state index contributed by atoms with van der Waals surface area (Å²) in [5.74, 6) is 0.515. The summed E-state index contributed by atoms with van der Waals surface area (Å²) in [7, 11) is 0. The zero-order valence-electron chi connectivity index (χ0n) is 14.3. The molecule has 0 fully saturated rings. The van der Waals surface area contributed by atoms with E-state index in [1.807, 2.05) is 59.1 Å². The highest BCUT2D eigenvalue weighted by Gasteiger charge is 2.36. The van der Waals surface area contributed by atoms with E-state index in [4.69, 9.17) is 0 Å². The van der Waals surface area contributed by atoms with Crippen LogP contribution in [0.1, 0.15) is 0 Å². The lowest BCUT2D eigenvalue weighted by Crippen LogP contribution is -2.48. The smallest absolute Gasteiger partial charge is 0.238 e. The minimum Gasteiger partial charge on any atom is -0.302 e. The largest absolute Gasteiger partial charge is 0.302 e. The highest BCUT2D eigenvalue weighted by Crippen LogP contribution is 2.44. The van der Waals surface area contributed by atoms with Crippen LogP contribution in [-0.2, 0) is 4.79 Å². The summed E-state index contributed by atoms with van der Waals surface area (Å²) in [4.78, 5) is 21.0. The maximum atomic E-state index is 13.2. The van der Waals surface area contributed by atoms with Gasteiger partial charge in [-0.15, -0.1) is 23.1 Å². The van der Waals surface area contributed by atoms with Crippen LogP contribution in [0.3, 0.4) is 0 Å². The monoisotopic (exact) mass is 408 g/mol. The van der Waals surface area contributed by atoms with Crippen molar-refractivity contribution in [2.24, 2.45) is 0 Å². The van der Waals surface area contributed by atoms with Crippen molar-refractivity contribution in [3.05, 3.63) is 72.8 Å². The van der Waals surface area contributed by atoms with Gasteiger partial charge in [0.1, 0.15) is 0 Å². The van der Waals surface area contributed by atoms with Crippen LogP contribution in [0.4, 0.5) is 5.69 Å². The third kappa shape index (κ3) is 3.22. The van der Waals surface area contributed by atoms with Crippen LogP contribution in [0, 0.1) is 0 Å². The fourth-order valence-corrected chi connectivity index (χ4v) is 6.57. The van der Waals surface area contributed by atoms with E-state index in [1.54, 1.807) is 11.3 Å². The Bertz CT molecular complexity index is 1040. The van der Waals surface area contributed by atoms with E-state index in [1.165, 1.54) is 11.8 Å². The van der Waals surface area contributed by atoms with E-state index in [2.05, 4.69) is 35.3 Å². The summed E-state index contributed by atoms with van der Waals surface area (Å²) < 4.78 is 2.10. The first-order valence-electron chi connectivity index (χ1n) is 8.71. The molecule has 1 aromatic heterocycles. The molecule has 3 nitrogen and oxygen atoms in total. The van der Waals surface area contributed by atoms with Crippen LogP contribution in [0.15, 0.2) is 82.1 Å². The number of aromatic nitrogens is 1. The third-order valence-corrected chi connectivity index (χ3v) is 8.08. The van der Waals surface area contributed by atoms with Gasteiger partial charge in [-0.1, -0.05) is 60.3 Å². The number of carbonyl (C=O) groups excluding carboxylic acids is 1. The lowest BCUT2D eigenvalue weighted by Gasteiger charge is -2.40. The van der Waals surface area contributed by atoms with Crippen LogP contribution in [-0.4, -0.2) is 27.9 Å². The van der Waals surface area contributed by atoms with E-state index in [9.17, 15) is 4.79 Å². The maximum absolute atomic E-state index is 13.2. The van der Waals surface area contributed by atoms with Crippen LogP contribution in [0.25, 0.3) is 10.2 Å². The standard InChI is InChI=1S/C21H16N2OS3/c24-20(13-25-21-22-14-7-1-4-10-17(14)27-21)23-15-8-2-5-11-18(15)26-19-12-6-3-9-16(19)23/h1-12,15,18H,13H2/t15-,18-/m1/s1. The number of carbonyl (C=O) groups is 1. The second-order valence-corrected chi connectivity index (χ2v) is 9.78. The fraction of sp³-hybridized carbons (Fsp3) is 0.143. The molecule has 1 amide bonds. The number of hydrogen-bond acceptors (Lipinski definition) is 5. The highest BCUT2D eigenvalue weighted by molar-refractivity contribution is 8.01. The number of amides is 1. The molecule has 2 heterocycles. The molecular formula is C21H16N2OS3. The first kappa shape index (κ1) is 17.1. The van der Waals surface area contributed by atoms with Crippen molar-refractivity contribution >= 4 is 56.7 Å². The second-order valence-electron chi connectivity index (χ2n) is 6.31. The summed E-state index contributed by atoms with van der Waals surface area (Å²) in [5, 5.41) is 0.265. The first-order chi connectivity index (χ1) is 13.3. The lowest BCUT2D eigenvalue weighted by atomic mass is 10.0. The minimum absolute atomic E-state index is 0.0679. The normalized spacial score (nSPS) is 20.5. The molecule has 27 heavy (non-hydrogen) atoms.